The predicted octanol–water partition coefficient (Wildman–Crippen LogP) is 2.91. The zero-order chi connectivity index (χ0) is 13.0. The first-order chi connectivity index (χ1) is 8.70. The highest BCUT2D eigenvalue weighted by Gasteiger charge is 2.12. The largest absolute Gasteiger partial charge is 0.497 e. The van der Waals surface area contributed by atoms with Crippen LogP contribution in [0.2, 0.25) is 0 Å². The zero-order valence-electron chi connectivity index (χ0n) is 9.79. The van der Waals surface area contributed by atoms with Crippen molar-refractivity contribution < 1.29 is 19.1 Å². The molecule has 0 unspecified atom stereocenters. The predicted molar refractivity (Wildman–Crippen MR) is 67.2 cm³/mol. The van der Waals surface area contributed by atoms with Crippen molar-refractivity contribution in [3.63, 3.8) is 0 Å². The Labute approximate surface area is 104 Å². The third-order valence-electron chi connectivity index (χ3n) is 2.44. The molecular weight excluding hydrogens is 232 g/mol. The molecule has 0 bridgehead atoms. The fourth-order valence-electron chi connectivity index (χ4n) is 1.57. The van der Waals surface area contributed by atoms with Gasteiger partial charge >= 0.3 is 5.97 Å². The van der Waals surface area contributed by atoms with Crippen molar-refractivity contribution in [2.45, 2.75) is 0 Å². The maximum Gasteiger partial charge on any atom is 0.336 e. The van der Waals surface area contributed by atoms with Crippen LogP contribution in [0.3, 0.4) is 0 Å². The summed E-state index contributed by atoms with van der Waals surface area (Å²) < 4.78 is 10.2. The van der Waals surface area contributed by atoms with Crippen molar-refractivity contribution in [3.05, 3.63) is 54.0 Å². The van der Waals surface area contributed by atoms with Crippen LogP contribution in [-0.2, 0) is 4.79 Å². The highest BCUT2D eigenvalue weighted by Crippen LogP contribution is 2.22. The summed E-state index contributed by atoms with van der Waals surface area (Å²) >= 11 is 0. The van der Waals surface area contributed by atoms with E-state index in [1.807, 2.05) is 0 Å². The Morgan fingerprint density at radius 1 is 1.33 bits per heavy atom. The molecule has 0 aliphatic rings. The third-order valence-corrected chi connectivity index (χ3v) is 2.44. The Balaban J connectivity index is 2.44. The van der Waals surface area contributed by atoms with Gasteiger partial charge in [-0.05, 0) is 35.9 Å². The maximum atomic E-state index is 11.3. The van der Waals surface area contributed by atoms with Crippen LogP contribution in [0.15, 0.2) is 47.1 Å². The Morgan fingerprint density at radius 3 is 2.78 bits per heavy atom. The Morgan fingerprint density at radius 2 is 2.17 bits per heavy atom. The van der Waals surface area contributed by atoms with Crippen LogP contribution in [0.25, 0.3) is 11.6 Å². The van der Waals surface area contributed by atoms with E-state index in [1.165, 1.54) is 19.4 Å². The average molecular weight is 244 g/mol. The normalized spacial score (nSPS) is 11.3. The van der Waals surface area contributed by atoms with E-state index in [0.29, 0.717) is 17.1 Å². The molecule has 2 rings (SSSR count). The van der Waals surface area contributed by atoms with Crippen molar-refractivity contribution >= 4 is 17.6 Å². The molecule has 1 aromatic heterocycles. The summed E-state index contributed by atoms with van der Waals surface area (Å²) in [5, 5.41) is 9.24. The number of carbonyl (C=O) groups is 1. The van der Waals surface area contributed by atoms with Gasteiger partial charge in [0.1, 0.15) is 11.5 Å². The van der Waals surface area contributed by atoms with Gasteiger partial charge < -0.3 is 14.3 Å². The van der Waals surface area contributed by atoms with E-state index in [0.717, 1.165) is 0 Å². The summed E-state index contributed by atoms with van der Waals surface area (Å²) in [5.74, 6) is 0.0916. The van der Waals surface area contributed by atoms with Gasteiger partial charge in [-0.3, -0.25) is 0 Å². The molecule has 0 saturated heterocycles. The number of rotatable bonds is 4. The van der Waals surface area contributed by atoms with Gasteiger partial charge in [0, 0.05) is 0 Å². The van der Waals surface area contributed by atoms with E-state index in [4.69, 9.17) is 9.15 Å². The number of carboxylic acid groups (broad SMARTS) is 1. The first-order valence-electron chi connectivity index (χ1n) is 5.33. The summed E-state index contributed by atoms with van der Waals surface area (Å²) in [6.45, 7) is 0. The lowest BCUT2D eigenvalue weighted by Crippen LogP contribution is -1.99. The molecule has 2 aromatic rings. The van der Waals surface area contributed by atoms with Gasteiger partial charge in [-0.2, -0.15) is 0 Å². The van der Waals surface area contributed by atoms with Gasteiger partial charge in [-0.25, -0.2) is 4.79 Å². The molecule has 1 N–H and O–H groups in total. The molecule has 0 amide bonds. The number of benzene rings is 1. The molecule has 1 aromatic carbocycles. The lowest BCUT2D eigenvalue weighted by atomic mass is 10.0. The summed E-state index contributed by atoms with van der Waals surface area (Å²) in [6.07, 6.45) is 2.98. The highest BCUT2D eigenvalue weighted by molar-refractivity contribution is 6.20. The van der Waals surface area contributed by atoms with E-state index in [-0.39, 0.29) is 5.57 Å². The van der Waals surface area contributed by atoms with E-state index in [2.05, 4.69) is 0 Å². The number of aliphatic carboxylic acids is 1. The SMILES string of the molecule is COc1cccc(/C(=C\c2ccco2)C(=O)O)c1. The number of hydrogen-bond acceptors (Lipinski definition) is 3. The molecule has 0 saturated carbocycles. The molecule has 0 spiro atoms. The van der Waals surface area contributed by atoms with Gasteiger partial charge in [0.25, 0.3) is 0 Å². The molecule has 4 heteroatoms. The molecule has 0 aliphatic carbocycles. The van der Waals surface area contributed by atoms with Crippen LogP contribution in [-0.4, -0.2) is 18.2 Å². The minimum absolute atomic E-state index is 0.156. The third kappa shape index (κ3) is 2.60. The second-order valence-corrected chi connectivity index (χ2v) is 3.61. The highest BCUT2D eigenvalue weighted by atomic mass is 16.5. The first-order valence-corrected chi connectivity index (χ1v) is 5.33. The van der Waals surface area contributed by atoms with Crippen molar-refractivity contribution in [2.75, 3.05) is 7.11 Å². The van der Waals surface area contributed by atoms with E-state index < -0.39 is 5.97 Å². The minimum atomic E-state index is -1.01. The van der Waals surface area contributed by atoms with Crippen molar-refractivity contribution in [3.8, 4) is 5.75 Å². The lowest BCUT2D eigenvalue weighted by Gasteiger charge is -2.05. The number of carboxylic acids is 1. The molecule has 0 fully saturated rings. The fourth-order valence-corrected chi connectivity index (χ4v) is 1.57. The summed E-state index contributed by atoms with van der Waals surface area (Å²) in [5.41, 5.74) is 0.724. The van der Waals surface area contributed by atoms with Crippen molar-refractivity contribution in [2.24, 2.45) is 0 Å². The zero-order valence-corrected chi connectivity index (χ0v) is 9.79. The van der Waals surface area contributed by atoms with Gasteiger partial charge in [0.2, 0.25) is 0 Å². The summed E-state index contributed by atoms with van der Waals surface area (Å²) in [4.78, 5) is 11.3. The van der Waals surface area contributed by atoms with Gasteiger partial charge in [-0.1, -0.05) is 12.1 Å². The quantitative estimate of drug-likeness (QED) is 0.840. The van der Waals surface area contributed by atoms with Gasteiger partial charge in [-0.15, -0.1) is 0 Å². The molecule has 18 heavy (non-hydrogen) atoms. The second kappa shape index (κ2) is 5.23. The fraction of sp³-hybridized carbons (Fsp3) is 0.0714. The van der Waals surface area contributed by atoms with Crippen LogP contribution in [0, 0.1) is 0 Å². The van der Waals surface area contributed by atoms with E-state index >= 15 is 0 Å². The molecule has 92 valence electrons. The molecule has 0 aliphatic heterocycles. The molecule has 1 heterocycles. The second-order valence-electron chi connectivity index (χ2n) is 3.61. The minimum Gasteiger partial charge on any atom is -0.497 e. The molecule has 0 atom stereocenters. The van der Waals surface area contributed by atoms with Crippen molar-refractivity contribution in [1.82, 2.24) is 0 Å². The maximum absolute atomic E-state index is 11.3. The van der Waals surface area contributed by atoms with Crippen molar-refractivity contribution in [1.29, 1.82) is 0 Å². The number of methoxy groups -OCH3 is 1. The Hall–Kier alpha value is -2.49. The van der Waals surface area contributed by atoms with Crippen LogP contribution < -0.4 is 4.74 Å². The smallest absolute Gasteiger partial charge is 0.336 e. The molecule has 4 nitrogen and oxygen atoms in total. The molecule has 0 radical (unpaired) electrons. The Kier molecular flexibility index (Phi) is 3.48. The molecular formula is C14H12O4. The number of ether oxygens (including phenoxy) is 1. The summed E-state index contributed by atoms with van der Waals surface area (Å²) in [7, 11) is 1.54. The van der Waals surface area contributed by atoms with E-state index in [1.54, 1.807) is 36.4 Å². The standard InChI is InChI=1S/C14H12O4/c1-17-11-5-2-4-10(8-11)13(14(15)16)9-12-6-3-7-18-12/h2-9H,1H3,(H,15,16)/b13-9+. The topological polar surface area (TPSA) is 59.7 Å². The number of hydrogen-bond donors (Lipinski definition) is 1. The first kappa shape index (κ1) is 12.0. The van der Waals surface area contributed by atoms with Crippen LogP contribution in [0.1, 0.15) is 11.3 Å². The van der Waals surface area contributed by atoms with Crippen LogP contribution >= 0.6 is 0 Å². The van der Waals surface area contributed by atoms with Crippen LogP contribution in [0.5, 0.6) is 5.75 Å². The van der Waals surface area contributed by atoms with E-state index in [9.17, 15) is 9.90 Å². The Bertz CT molecular complexity index is 567. The van der Waals surface area contributed by atoms with Gasteiger partial charge in [0.15, 0.2) is 0 Å². The van der Waals surface area contributed by atoms with Crippen LogP contribution in [0.4, 0.5) is 0 Å². The average Bonchev–Trinajstić information content (AvgIpc) is 2.88. The number of furan rings is 1. The summed E-state index contributed by atoms with van der Waals surface area (Å²) in [6, 6.07) is 10.3. The monoisotopic (exact) mass is 244 g/mol. The van der Waals surface area contributed by atoms with Gasteiger partial charge in [0.05, 0.1) is 18.9 Å². The lowest BCUT2D eigenvalue weighted by molar-refractivity contribution is -0.130.